The van der Waals surface area contributed by atoms with Crippen LogP contribution in [0.1, 0.15) is 35.4 Å². The summed E-state index contributed by atoms with van der Waals surface area (Å²) in [6, 6.07) is 12.8. The first-order valence-electron chi connectivity index (χ1n) is 9.39. The second-order valence-electron chi connectivity index (χ2n) is 7.45. The van der Waals surface area contributed by atoms with Gasteiger partial charge in [-0.05, 0) is 55.5 Å². The van der Waals surface area contributed by atoms with Crippen LogP contribution in [-0.2, 0) is 6.54 Å². The Morgan fingerprint density at radius 2 is 2.04 bits per heavy atom. The SMILES string of the molecule is Cc1ccc(-c2[nH]ncc2CN2CCCC(c3cc(O)cc(F)c3)C2)cc1. The van der Waals surface area contributed by atoms with Crippen LogP contribution in [0, 0.1) is 12.7 Å². The number of H-pyrrole nitrogens is 1. The van der Waals surface area contributed by atoms with E-state index in [1.165, 1.54) is 11.1 Å². The van der Waals surface area contributed by atoms with Crippen molar-refractivity contribution in [1.29, 1.82) is 0 Å². The lowest BCUT2D eigenvalue weighted by Crippen LogP contribution is -2.34. The fourth-order valence-corrected chi connectivity index (χ4v) is 3.95. The number of hydrogen-bond donors (Lipinski definition) is 2. The topological polar surface area (TPSA) is 52.2 Å². The highest BCUT2D eigenvalue weighted by atomic mass is 19.1. The molecule has 2 heterocycles. The monoisotopic (exact) mass is 365 g/mol. The van der Waals surface area contributed by atoms with Crippen molar-refractivity contribution >= 4 is 0 Å². The van der Waals surface area contributed by atoms with Gasteiger partial charge in [-0.3, -0.25) is 10.00 Å². The number of benzene rings is 2. The summed E-state index contributed by atoms with van der Waals surface area (Å²) in [5, 5.41) is 17.1. The molecule has 1 aliphatic rings. The highest BCUT2D eigenvalue weighted by Gasteiger charge is 2.23. The van der Waals surface area contributed by atoms with Crippen LogP contribution in [0.25, 0.3) is 11.3 Å². The van der Waals surface area contributed by atoms with Crippen LogP contribution in [0.2, 0.25) is 0 Å². The first kappa shape index (κ1) is 17.7. The molecule has 1 saturated heterocycles. The summed E-state index contributed by atoms with van der Waals surface area (Å²) in [6.07, 6.45) is 3.96. The van der Waals surface area contributed by atoms with E-state index in [2.05, 4.69) is 46.3 Å². The third-order valence-electron chi connectivity index (χ3n) is 5.33. The zero-order chi connectivity index (χ0) is 18.8. The van der Waals surface area contributed by atoms with Crippen LogP contribution >= 0.6 is 0 Å². The predicted octanol–water partition coefficient (Wildman–Crippen LogP) is 4.61. The smallest absolute Gasteiger partial charge is 0.127 e. The molecule has 2 N–H and O–H groups in total. The number of nitrogens with one attached hydrogen (secondary N) is 1. The molecule has 0 aliphatic carbocycles. The number of phenolic OH excluding ortho intramolecular Hbond substituents is 1. The summed E-state index contributed by atoms with van der Waals surface area (Å²) in [6.45, 7) is 4.74. The Bertz CT molecular complexity index is 899. The van der Waals surface area contributed by atoms with Crippen LogP contribution < -0.4 is 0 Å². The summed E-state index contributed by atoms with van der Waals surface area (Å²) in [4.78, 5) is 2.39. The van der Waals surface area contributed by atoms with Gasteiger partial charge in [0.25, 0.3) is 0 Å². The van der Waals surface area contributed by atoms with Gasteiger partial charge in [0.2, 0.25) is 0 Å². The molecule has 0 radical (unpaired) electrons. The van der Waals surface area contributed by atoms with E-state index in [4.69, 9.17) is 0 Å². The van der Waals surface area contributed by atoms with E-state index in [1.54, 1.807) is 12.1 Å². The molecule has 0 saturated carbocycles. The molecule has 1 aliphatic heterocycles. The molecular formula is C22H24FN3O. The molecule has 2 aromatic carbocycles. The van der Waals surface area contributed by atoms with E-state index in [0.29, 0.717) is 0 Å². The average molecular weight is 365 g/mol. The van der Waals surface area contributed by atoms with E-state index >= 15 is 0 Å². The fourth-order valence-electron chi connectivity index (χ4n) is 3.95. The van der Waals surface area contributed by atoms with Gasteiger partial charge in [0.05, 0.1) is 11.9 Å². The van der Waals surface area contributed by atoms with Gasteiger partial charge < -0.3 is 5.11 Å². The molecule has 0 bridgehead atoms. The second kappa shape index (κ2) is 7.53. The maximum absolute atomic E-state index is 13.7. The largest absolute Gasteiger partial charge is 0.508 e. The van der Waals surface area contributed by atoms with Crippen molar-refractivity contribution in [1.82, 2.24) is 15.1 Å². The summed E-state index contributed by atoms with van der Waals surface area (Å²) in [5.74, 6) is -0.146. The Morgan fingerprint density at radius 1 is 1.22 bits per heavy atom. The number of aryl methyl sites for hydroxylation is 1. The van der Waals surface area contributed by atoms with Gasteiger partial charge in [0.15, 0.2) is 0 Å². The minimum atomic E-state index is -0.376. The first-order valence-corrected chi connectivity index (χ1v) is 9.39. The predicted molar refractivity (Wildman–Crippen MR) is 104 cm³/mol. The molecule has 4 nitrogen and oxygen atoms in total. The van der Waals surface area contributed by atoms with Crippen LogP contribution in [0.4, 0.5) is 4.39 Å². The van der Waals surface area contributed by atoms with Gasteiger partial charge in [-0.1, -0.05) is 29.8 Å². The molecule has 0 amide bonds. The molecule has 0 spiro atoms. The highest BCUT2D eigenvalue weighted by molar-refractivity contribution is 5.62. The van der Waals surface area contributed by atoms with Gasteiger partial charge in [-0.25, -0.2) is 4.39 Å². The number of aromatic nitrogens is 2. The number of phenols is 1. The van der Waals surface area contributed by atoms with Crippen molar-refractivity contribution in [3.8, 4) is 17.0 Å². The minimum Gasteiger partial charge on any atom is -0.508 e. The number of hydrogen-bond acceptors (Lipinski definition) is 3. The average Bonchev–Trinajstić information content (AvgIpc) is 3.10. The zero-order valence-corrected chi connectivity index (χ0v) is 15.5. The van der Waals surface area contributed by atoms with E-state index < -0.39 is 0 Å². The second-order valence-corrected chi connectivity index (χ2v) is 7.45. The van der Waals surface area contributed by atoms with Crippen molar-refractivity contribution in [3.05, 3.63) is 71.2 Å². The maximum atomic E-state index is 13.7. The number of rotatable bonds is 4. The summed E-state index contributed by atoms with van der Waals surface area (Å²) < 4.78 is 13.7. The molecule has 1 aromatic heterocycles. The number of likely N-dealkylation sites (tertiary alicyclic amines) is 1. The number of piperidine rings is 1. The van der Waals surface area contributed by atoms with Crippen molar-refractivity contribution in [3.63, 3.8) is 0 Å². The van der Waals surface area contributed by atoms with Crippen molar-refractivity contribution < 1.29 is 9.50 Å². The molecular weight excluding hydrogens is 341 g/mol. The van der Waals surface area contributed by atoms with Gasteiger partial charge in [-0.2, -0.15) is 5.10 Å². The third kappa shape index (κ3) is 4.03. The molecule has 1 unspecified atom stereocenters. The van der Waals surface area contributed by atoms with Crippen LogP contribution in [0.3, 0.4) is 0 Å². The molecule has 140 valence electrons. The van der Waals surface area contributed by atoms with Crippen molar-refractivity contribution in [2.75, 3.05) is 13.1 Å². The van der Waals surface area contributed by atoms with Crippen LogP contribution in [0.15, 0.2) is 48.7 Å². The molecule has 3 aromatic rings. The summed E-state index contributed by atoms with van der Waals surface area (Å²) in [7, 11) is 0. The van der Waals surface area contributed by atoms with E-state index in [0.717, 1.165) is 55.4 Å². The number of nitrogens with zero attached hydrogens (tertiary/aromatic N) is 2. The van der Waals surface area contributed by atoms with Gasteiger partial charge in [-0.15, -0.1) is 0 Å². The molecule has 1 atom stereocenters. The molecule has 4 rings (SSSR count). The van der Waals surface area contributed by atoms with Gasteiger partial charge in [0.1, 0.15) is 11.6 Å². The Kier molecular flexibility index (Phi) is 4.94. The Morgan fingerprint density at radius 3 is 2.81 bits per heavy atom. The van der Waals surface area contributed by atoms with Gasteiger partial charge >= 0.3 is 0 Å². The molecule has 27 heavy (non-hydrogen) atoms. The number of aromatic amines is 1. The number of aromatic hydroxyl groups is 1. The quantitative estimate of drug-likeness (QED) is 0.710. The minimum absolute atomic E-state index is 0.00128. The Hall–Kier alpha value is -2.66. The Labute approximate surface area is 158 Å². The zero-order valence-electron chi connectivity index (χ0n) is 15.5. The van der Waals surface area contributed by atoms with Crippen molar-refractivity contribution in [2.24, 2.45) is 0 Å². The van der Waals surface area contributed by atoms with E-state index in [9.17, 15) is 9.50 Å². The summed E-state index contributed by atoms with van der Waals surface area (Å²) in [5.41, 5.74) is 5.47. The van der Waals surface area contributed by atoms with Crippen LogP contribution in [0.5, 0.6) is 5.75 Å². The normalized spacial score (nSPS) is 17.9. The van der Waals surface area contributed by atoms with E-state index in [-0.39, 0.29) is 17.5 Å². The Balaban J connectivity index is 1.50. The lowest BCUT2D eigenvalue weighted by Gasteiger charge is -2.33. The fraction of sp³-hybridized carbons (Fsp3) is 0.318. The van der Waals surface area contributed by atoms with Crippen molar-refractivity contribution in [2.45, 2.75) is 32.2 Å². The number of halogens is 1. The molecule has 1 fully saturated rings. The standard InChI is InChI=1S/C22H24FN3O/c1-15-4-6-16(7-5-15)22-19(12-24-25-22)14-26-8-2-3-17(13-26)18-9-20(23)11-21(27)10-18/h4-7,9-12,17,27H,2-3,8,13-14H2,1H3,(H,24,25). The highest BCUT2D eigenvalue weighted by Crippen LogP contribution is 2.31. The maximum Gasteiger partial charge on any atom is 0.127 e. The first-order chi connectivity index (χ1) is 13.1. The summed E-state index contributed by atoms with van der Waals surface area (Å²) >= 11 is 0. The lowest BCUT2D eigenvalue weighted by molar-refractivity contribution is 0.200. The van der Waals surface area contributed by atoms with Crippen LogP contribution in [-0.4, -0.2) is 33.3 Å². The van der Waals surface area contributed by atoms with E-state index in [1.807, 2.05) is 6.20 Å². The third-order valence-corrected chi connectivity index (χ3v) is 5.33. The molecule has 5 heteroatoms. The lowest BCUT2D eigenvalue weighted by atomic mass is 9.90. The van der Waals surface area contributed by atoms with Gasteiger partial charge in [0, 0.05) is 24.7 Å².